The zero-order valence-electron chi connectivity index (χ0n) is 11.1. The van der Waals surface area contributed by atoms with Crippen LogP contribution in [0.25, 0.3) is 0 Å². The van der Waals surface area contributed by atoms with E-state index in [0.29, 0.717) is 37.4 Å². The van der Waals surface area contributed by atoms with Gasteiger partial charge in [-0.2, -0.15) is 0 Å². The van der Waals surface area contributed by atoms with Crippen LogP contribution in [0.3, 0.4) is 0 Å². The first-order valence-corrected chi connectivity index (χ1v) is 6.25. The van der Waals surface area contributed by atoms with Crippen LogP contribution in [0.1, 0.15) is 29.5 Å². The molecular weight excluding hydrogens is 250 g/mol. The molecule has 0 saturated carbocycles. The van der Waals surface area contributed by atoms with Gasteiger partial charge in [0, 0.05) is 19.6 Å². The molecule has 1 fully saturated rings. The molecule has 1 aliphatic rings. The second-order valence-electron chi connectivity index (χ2n) is 4.76. The largest absolute Gasteiger partial charge is 0.467 e. The van der Waals surface area contributed by atoms with Gasteiger partial charge in [0.1, 0.15) is 17.6 Å². The summed E-state index contributed by atoms with van der Waals surface area (Å²) < 4.78 is 15.2. The molecule has 0 bridgehead atoms. The number of carbonyl (C=O) groups is 1. The molecular formula is C13H19NO5. The molecule has 19 heavy (non-hydrogen) atoms. The van der Waals surface area contributed by atoms with Crippen LogP contribution in [-0.4, -0.2) is 43.0 Å². The molecule has 0 amide bonds. The molecule has 1 aromatic heterocycles. The Balaban J connectivity index is 1.83. The minimum atomic E-state index is -0.836. The number of rotatable bonds is 5. The van der Waals surface area contributed by atoms with Crippen molar-refractivity contribution in [2.45, 2.75) is 31.6 Å². The number of hydrogen-bond donors (Lipinski definition) is 2. The van der Waals surface area contributed by atoms with Gasteiger partial charge in [0.25, 0.3) is 0 Å². The lowest BCUT2D eigenvalue weighted by molar-refractivity contribution is -0.0264. The summed E-state index contributed by atoms with van der Waals surface area (Å²) >= 11 is 0. The van der Waals surface area contributed by atoms with Crippen molar-refractivity contribution in [3.8, 4) is 0 Å². The number of methoxy groups -OCH3 is 1. The third-order valence-electron chi connectivity index (χ3n) is 3.46. The van der Waals surface area contributed by atoms with Gasteiger partial charge in [0.15, 0.2) is 0 Å². The number of carbonyl (C=O) groups excluding carboxylic acids is 1. The fourth-order valence-corrected chi connectivity index (χ4v) is 2.10. The molecule has 2 unspecified atom stereocenters. The minimum Gasteiger partial charge on any atom is -0.467 e. The third-order valence-corrected chi connectivity index (χ3v) is 3.46. The molecule has 1 aromatic rings. The fourth-order valence-electron chi connectivity index (χ4n) is 2.10. The molecule has 1 saturated heterocycles. The van der Waals surface area contributed by atoms with Crippen molar-refractivity contribution in [2.24, 2.45) is 0 Å². The zero-order valence-corrected chi connectivity index (χ0v) is 11.1. The van der Waals surface area contributed by atoms with E-state index < -0.39 is 11.6 Å². The maximum atomic E-state index is 11.2. The van der Waals surface area contributed by atoms with E-state index in [9.17, 15) is 9.90 Å². The molecule has 2 N–H and O–H groups in total. The normalized spacial score (nSPS) is 26.6. The number of furan rings is 1. The Hall–Kier alpha value is -1.37. The number of esters is 1. The summed E-state index contributed by atoms with van der Waals surface area (Å²) in [6.45, 7) is 3.29. The Morgan fingerprint density at radius 2 is 2.47 bits per heavy atom. The van der Waals surface area contributed by atoms with Gasteiger partial charge in [0.2, 0.25) is 0 Å². The van der Waals surface area contributed by atoms with E-state index in [0.717, 1.165) is 0 Å². The van der Waals surface area contributed by atoms with Gasteiger partial charge < -0.3 is 24.3 Å². The van der Waals surface area contributed by atoms with Crippen LogP contribution >= 0.6 is 0 Å². The molecule has 0 radical (unpaired) electrons. The summed E-state index contributed by atoms with van der Waals surface area (Å²) in [5.74, 6) is 0.196. The Morgan fingerprint density at radius 1 is 1.68 bits per heavy atom. The molecule has 1 aliphatic heterocycles. The van der Waals surface area contributed by atoms with Gasteiger partial charge in [-0.25, -0.2) is 4.79 Å². The Kier molecular flexibility index (Phi) is 4.24. The van der Waals surface area contributed by atoms with Gasteiger partial charge in [0.05, 0.1) is 25.3 Å². The van der Waals surface area contributed by atoms with Crippen molar-refractivity contribution in [1.82, 2.24) is 5.32 Å². The molecule has 0 spiro atoms. The second-order valence-corrected chi connectivity index (χ2v) is 4.76. The molecule has 6 nitrogen and oxygen atoms in total. The van der Waals surface area contributed by atoms with Crippen LogP contribution in [0.15, 0.2) is 16.7 Å². The van der Waals surface area contributed by atoms with Crippen LogP contribution in [0.2, 0.25) is 0 Å². The highest BCUT2D eigenvalue weighted by Crippen LogP contribution is 2.24. The average molecular weight is 269 g/mol. The molecule has 2 atom stereocenters. The topological polar surface area (TPSA) is 80.9 Å². The number of nitrogens with one attached hydrogen (secondary N) is 1. The molecule has 0 aromatic carbocycles. The van der Waals surface area contributed by atoms with E-state index in [4.69, 9.17) is 9.15 Å². The average Bonchev–Trinajstić information content (AvgIpc) is 2.98. The lowest BCUT2D eigenvalue weighted by atomic mass is 9.97. The van der Waals surface area contributed by atoms with Gasteiger partial charge in [-0.3, -0.25) is 0 Å². The summed E-state index contributed by atoms with van der Waals surface area (Å²) in [4.78, 5) is 11.2. The Morgan fingerprint density at radius 3 is 3.11 bits per heavy atom. The number of aliphatic hydroxyl groups is 1. The Labute approximate surface area is 111 Å². The molecule has 2 rings (SSSR count). The molecule has 2 heterocycles. The maximum absolute atomic E-state index is 11.2. The van der Waals surface area contributed by atoms with E-state index >= 15 is 0 Å². The number of ether oxygens (including phenoxy) is 2. The second kappa shape index (κ2) is 5.73. The molecule has 106 valence electrons. The summed E-state index contributed by atoms with van der Waals surface area (Å²) in [7, 11) is 1.32. The summed E-state index contributed by atoms with van der Waals surface area (Å²) in [5.41, 5.74) is -0.451. The first-order chi connectivity index (χ1) is 9.05. The van der Waals surface area contributed by atoms with Crippen LogP contribution in [-0.2, 0) is 16.0 Å². The summed E-state index contributed by atoms with van der Waals surface area (Å²) in [6.07, 6.45) is 1.80. The van der Waals surface area contributed by atoms with Crippen LogP contribution in [0.5, 0.6) is 0 Å². The van der Waals surface area contributed by atoms with Gasteiger partial charge in [-0.15, -0.1) is 0 Å². The Bertz CT molecular complexity index is 444. The van der Waals surface area contributed by atoms with Crippen molar-refractivity contribution >= 4 is 5.97 Å². The summed E-state index contributed by atoms with van der Waals surface area (Å²) in [6, 6.07) is 1.62. The monoisotopic (exact) mass is 269 g/mol. The van der Waals surface area contributed by atoms with Crippen molar-refractivity contribution in [3.63, 3.8) is 0 Å². The van der Waals surface area contributed by atoms with E-state index in [1.54, 1.807) is 6.07 Å². The van der Waals surface area contributed by atoms with Crippen LogP contribution < -0.4 is 5.32 Å². The van der Waals surface area contributed by atoms with Crippen LogP contribution in [0, 0.1) is 0 Å². The van der Waals surface area contributed by atoms with E-state index in [1.165, 1.54) is 13.4 Å². The standard InChI is InChI=1S/C13H19NO5/c1-9-13(16,3-4-18-9)8-14-6-11-5-10(7-19-11)12(15)17-2/h5,7,9,14,16H,3-4,6,8H2,1-2H3. The van der Waals surface area contributed by atoms with Crippen molar-refractivity contribution in [2.75, 3.05) is 20.3 Å². The van der Waals surface area contributed by atoms with Crippen LogP contribution in [0.4, 0.5) is 0 Å². The highest BCUT2D eigenvalue weighted by molar-refractivity contribution is 5.88. The van der Waals surface area contributed by atoms with E-state index in [-0.39, 0.29) is 6.10 Å². The highest BCUT2D eigenvalue weighted by Gasteiger charge is 2.38. The first kappa shape index (κ1) is 14.0. The van der Waals surface area contributed by atoms with Gasteiger partial charge in [-0.05, 0) is 13.0 Å². The number of hydrogen-bond acceptors (Lipinski definition) is 6. The minimum absolute atomic E-state index is 0.178. The van der Waals surface area contributed by atoms with E-state index in [1.807, 2.05) is 6.92 Å². The highest BCUT2D eigenvalue weighted by atomic mass is 16.5. The predicted molar refractivity (Wildman–Crippen MR) is 66.7 cm³/mol. The van der Waals surface area contributed by atoms with Gasteiger partial charge in [-0.1, -0.05) is 0 Å². The van der Waals surface area contributed by atoms with Crippen molar-refractivity contribution in [1.29, 1.82) is 0 Å². The predicted octanol–water partition coefficient (Wildman–Crippen LogP) is 0.696. The zero-order chi connectivity index (χ0) is 13.9. The lowest BCUT2D eigenvalue weighted by Gasteiger charge is -2.26. The molecule has 6 heteroatoms. The SMILES string of the molecule is COC(=O)c1coc(CNCC2(O)CCOC2C)c1. The fraction of sp³-hybridized carbons (Fsp3) is 0.615. The lowest BCUT2D eigenvalue weighted by Crippen LogP contribution is -2.45. The quantitative estimate of drug-likeness (QED) is 0.766. The first-order valence-electron chi connectivity index (χ1n) is 6.25. The summed E-state index contributed by atoms with van der Waals surface area (Å²) in [5, 5.41) is 13.4. The maximum Gasteiger partial charge on any atom is 0.341 e. The van der Waals surface area contributed by atoms with E-state index in [2.05, 4.69) is 10.1 Å². The third kappa shape index (κ3) is 3.15. The smallest absolute Gasteiger partial charge is 0.341 e. The molecule has 0 aliphatic carbocycles. The van der Waals surface area contributed by atoms with Crippen molar-refractivity contribution in [3.05, 3.63) is 23.7 Å². The van der Waals surface area contributed by atoms with Gasteiger partial charge >= 0.3 is 5.97 Å². The van der Waals surface area contributed by atoms with Crippen molar-refractivity contribution < 1.29 is 23.8 Å².